The van der Waals surface area contributed by atoms with E-state index >= 15 is 0 Å². The molecule has 3 saturated heterocycles. The van der Waals surface area contributed by atoms with E-state index < -0.39 is 18.2 Å². The third-order valence-corrected chi connectivity index (χ3v) is 6.62. The normalized spacial score (nSPS) is 45.2. The van der Waals surface area contributed by atoms with Crippen LogP contribution in [0, 0.1) is 0 Å². The smallest absolute Gasteiger partial charge is 0.190 e. The van der Waals surface area contributed by atoms with E-state index in [0.29, 0.717) is 13.0 Å². The number of aliphatic hydroxyl groups excluding tert-OH is 1. The Hall–Kier alpha value is -0.240. The van der Waals surface area contributed by atoms with Gasteiger partial charge >= 0.3 is 0 Å². The van der Waals surface area contributed by atoms with Gasteiger partial charge in [-0.3, -0.25) is 0 Å². The van der Waals surface area contributed by atoms with Crippen molar-refractivity contribution in [2.75, 3.05) is 6.61 Å². The molecule has 0 aromatic rings. The predicted molar refractivity (Wildman–Crippen MR) is 87.7 cm³/mol. The number of fused-ring (bicyclic) bond motifs is 1. The van der Waals surface area contributed by atoms with Crippen molar-refractivity contribution in [3.63, 3.8) is 0 Å². The highest BCUT2D eigenvalue weighted by atomic mass is 16.8. The summed E-state index contributed by atoms with van der Waals surface area (Å²) in [7, 11) is 0. The molecule has 142 valence electrons. The zero-order chi connectivity index (χ0) is 16.9. The third kappa shape index (κ3) is 3.05. The Morgan fingerprint density at radius 3 is 2.16 bits per heavy atom. The van der Waals surface area contributed by atoms with E-state index in [4.69, 9.17) is 23.7 Å². The molecule has 2 saturated carbocycles. The predicted octanol–water partition coefficient (Wildman–Crippen LogP) is 2.61. The summed E-state index contributed by atoms with van der Waals surface area (Å²) >= 11 is 0. The fourth-order valence-electron chi connectivity index (χ4n) is 5.28. The first-order valence-electron chi connectivity index (χ1n) is 10.2. The van der Waals surface area contributed by atoms with Crippen LogP contribution in [0.5, 0.6) is 0 Å². The molecule has 5 rings (SSSR count). The molecule has 0 aromatic carbocycles. The summed E-state index contributed by atoms with van der Waals surface area (Å²) in [5.74, 6) is -0.889. The maximum absolute atomic E-state index is 10.7. The van der Waals surface area contributed by atoms with Crippen LogP contribution in [-0.2, 0) is 23.7 Å². The van der Waals surface area contributed by atoms with Gasteiger partial charge in [0.2, 0.25) is 0 Å². The van der Waals surface area contributed by atoms with E-state index in [1.807, 2.05) is 0 Å². The number of hydrogen-bond donors (Lipinski definition) is 1. The second kappa shape index (κ2) is 6.43. The summed E-state index contributed by atoms with van der Waals surface area (Å²) in [5, 5.41) is 10.7. The maximum atomic E-state index is 10.7. The quantitative estimate of drug-likeness (QED) is 0.822. The Labute approximate surface area is 149 Å². The van der Waals surface area contributed by atoms with Crippen LogP contribution in [0.2, 0.25) is 0 Å². The van der Waals surface area contributed by atoms with Crippen LogP contribution in [0.15, 0.2) is 0 Å². The van der Waals surface area contributed by atoms with Gasteiger partial charge in [0.15, 0.2) is 17.9 Å². The molecule has 1 unspecified atom stereocenters. The zero-order valence-corrected chi connectivity index (χ0v) is 14.9. The van der Waals surface area contributed by atoms with Crippen LogP contribution < -0.4 is 0 Å². The fourth-order valence-corrected chi connectivity index (χ4v) is 5.28. The molecule has 2 aliphatic carbocycles. The topological polar surface area (TPSA) is 66.4 Å². The summed E-state index contributed by atoms with van der Waals surface area (Å²) in [6.07, 6.45) is 9.71. The standard InChI is InChI=1S/C19H30O6/c20-15-14(11-13-12-21-18(23-13)7-3-1-4-8-18)22-17-16(15)24-19(25-17)9-5-2-6-10-19/h13-17,20H,1-12H2/t13?,14-,15+,16-,17+/m1/s1. The molecule has 3 heterocycles. The Bertz CT molecular complexity index is 484. The minimum Gasteiger partial charge on any atom is -0.387 e. The number of rotatable bonds is 2. The van der Waals surface area contributed by atoms with Gasteiger partial charge in [0.1, 0.15) is 12.2 Å². The van der Waals surface area contributed by atoms with Gasteiger partial charge in [0.25, 0.3) is 0 Å². The van der Waals surface area contributed by atoms with Crippen molar-refractivity contribution in [3.8, 4) is 0 Å². The highest BCUT2D eigenvalue weighted by Crippen LogP contribution is 2.46. The SMILES string of the molecule is O[C@@H]1[C@H]2OC3(CCCCC3)O[C@@H]2O[C@@H]1CC1COC2(CCCCC2)O1. The maximum Gasteiger partial charge on any atom is 0.190 e. The summed E-state index contributed by atoms with van der Waals surface area (Å²) < 4.78 is 30.5. The summed E-state index contributed by atoms with van der Waals surface area (Å²) in [6, 6.07) is 0. The summed E-state index contributed by atoms with van der Waals surface area (Å²) in [4.78, 5) is 0. The molecular weight excluding hydrogens is 324 g/mol. The highest BCUT2D eigenvalue weighted by Gasteiger charge is 2.58. The molecule has 5 atom stereocenters. The Morgan fingerprint density at radius 1 is 0.800 bits per heavy atom. The monoisotopic (exact) mass is 354 g/mol. The van der Waals surface area contributed by atoms with Crippen molar-refractivity contribution in [2.24, 2.45) is 0 Å². The molecule has 0 amide bonds. The van der Waals surface area contributed by atoms with Gasteiger partial charge in [0.05, 0.1) is 18.8 Å². The van der Waals surface area contributed by atoms with Crippen LogP contribution in [-0.4, -0.2) is 54.0 Å². The average molecular weight is 354 g/mol. The van der Waals surface area contributed by atoms with Crippen molar-refractivity contribution >= 4 is 0 Å². The highest BCUT2D eigenvalue weighted by molar-refractivity contribution is 4.97. The van der Waals surface area contributed by atoms with E-state index in [9.17, 15) is 5.11 Å². The van der Waals surface area contributed by atoms with Gasteiger partial charge in [-0.2, -0.15) is 0 Å². The lowest BCUT2D eigenvalue weighted by atomic mass is 9.94. The van der Waals surface area contributed by atoms with E-state index in [-0.39, 0.29) is 24.1 Å². The fraction of sp³-hybridized carbons (Fsp3) is 1.00. The van der Waals surface area contributed by atoms with Crippen molar-refractivity contribution in [3.05, 3.63) is 0 Å². The minimum atomic E-state index is -0.655. The minimum absolute atomic E-state index is 0.0137. The van der Waals surface area contributed by atoms with Crippen molar-refractivity contribution in [2.45, 2.75) is 113 Å². The zero-order valence-electron chi connectivity index (χ0n) is 14.9. The van der Waals surface area contributed by atoms with Gasteiger partial charge in [-0.25, -0.2) is 0 Å². The number of aliphatic hydroxyl groups is 1. The molecule has 1 N–H and O–H groups in total. The molecule has 25 heavy (non-hydrogen) atoms. The molecule has 0 aromatic heterocycles. The van der Waals surface area contributed by atoms with Crippen LogP contribution in [0.4, 0.5) is 0 Å². The van der Waals surface area contributed by atoms with E-state index in [1.165, 1.54) is 25.7 Å². The van der Waals surface area contributed by atoms with Crippen LogP contribution in [0.1, 0.15) is 70.6 Å². The molecule has 5 fully saturated rings. The van der Waals surface area contributed by atoms with Crippen LogP contribution in [0.25, 0.3) is 0 Å². The number of hydrogen-bond acceptors (Lipinski definition) is 6. The van der Waals surface area contributed by atoms with Gasteiger partial charge < -0.3 is 28.8 Å². The summed E-state index contributed by atoms with van der Waals surface area (Å²) in [5.41, 5.74) is 0. The largest absolute Gasteiger partial charge is 0.387 e. The lowest BCUT2D eigenvalue weighted by Gasteiger charge is -2.34. The average Bonchev–Trinajstić information content (AvgIpc) is 3.24. The molecule has 6 nitrogen and oxygen atoms in total. The first-order chi connectivity index (χ1) is 12.2. The van der Waals surface area contributed by atoms with Crippen molar-refractivity contribution in [1.29, 1.82) is 0 Å². The summed E-state index contributed by atoms with van der Waals surface area (Å²) in [6.45, 7) is 0.591. The Morgan fingerprint density at radius 2 is 1.48 bits per heavy atom. The molecule has 0 bridgehead atoms. The molecular formula is C19H30O6. The molecule has 2 spiro atoms. The van der Waals surface area contributed by atoms with Gasteiger partial charge in [0, 0.05) is 32.1 Å². The molecule has 3 aliphatic heterocycles. The molecule has 0 radical (unpaired) electrons. The van der Waals surface area contributed by atoms with Crippen molar-refractivity contribution in [1.82, 2.24) is 0 Å². The van der Waals surface area contributed by atoms with Crippen molar-refractivity contribution < 1.29 is 28.8 Å². The van der Waals surface area contributed by atoms with Crippen LogP contribution in [0.3, 0.4) is 0 Å². The first-order valence-corrected chi connectivity index (χ1v) is 10.2. The molecule has 5 aliphatic rings. The Balaban J connectivity index is 1.18. The Kier molecular flexibility index (Phi) is 4.34. The first kappa shape index (κ1) is 16.9. The van der Waals surface area contributed by atoms with Gasteiger partial charge in [-0.05, 0) is 25.7 Å². The molecule has 6 heteroatoms. The third-order valence-electron chi connectivity index (χ3n) is 6.62. The van der Waals surface area contributed by atoms with Gasteiger partial charge in [-0.1, -0.05) is 12.8 Å². The number of ether oxygens (including phenoxy) is 5. The van der Waals surface area contributed by atoms with Crippen LogP contribution >= 0.6 is 0 Å². The second-order valence-corrected chi connectivity index (χ2v) is 8.46. The van der Waals surface area contributed by atoms with Gasteiger partial charge in [-0.15, -0.1) is 0 Å². The van der Waals surface area contributed by atoms with E-state index in [1.54, 1.807) is 0 Å². The second-order valence-electron chi connectivity index (χ2n) is 8.46. The lowest BCUT2D eigenvalue weighted by molar-refractivity contribution is -0.248. The lowest BCUT2D eigenvalue weighted by Crippen LogP contribution is -2.40. The van der Waals surface area contributed by atoms with E-state index in [0.717, 1.165) is 38.5 Å². The van der Waals surface area contributed by atoms with E-state index in [2.05, 4.69) is 0 Å².